The highest BCUT2D eigenvalue weighted by molar-refractivity contribution is 9.10. The number of anilines is 1. The number of hydrogen-bond acceptors (Lipinski definition) is 2. The van der Waals surface area contributed by atoms with Crippen LogP contribution in [0.3, 0.4) is 0 Å². The van der Waals surface area contributed by atoms with Gasteiger partial charge in [0.05, 0.1) is 15.2 Å². The molecule has 1 amide bonds. The smallest absolute Gasteiger partial charge is 0.225 e. The SMILES string of the molecule is O=C(CCNC1CC1)Nc1cccc(Cl)c1Br. The summed E-state index contributed by atoms with van der Waals surface area (Å²) in [6.07, 6.45) is 2.96. The molecule has 0 unspecified atom stereocenters. The van der Waals surface area contributed by atoms with Gasteiger partial charge in [-0.3, -0.25) is 4.79 Å². The van der Waals surface area contributed by atoms with Crippen molar-refractivity contribution in [3.05, 3.63) is 27.7 Å². The Balaban J connectivity index is 1.82. The fourth-order valence-corrected chi connectivity index (χ4v) is 2.03. The Kier molecular flexibility index (Phi) is 4.42. The lowest BCUT2D eigenvalue weighted by molar-refractivity contribution is -0.116. The Morgan fingerprint density at radius 2 is 2.24 bits per heavy atom. The zero-order valence-electron chi connectivity index (χ0n) is 9.30. The molecule has 1 saturated carbocycles. The van der Waals surface area contributed by atoms with Crippen molar-refractivity contribution in [1.29, 1.82) is 0 Å². The predicted octanol–water partition coefficient (Wildman–Crippen LogP) is 3.18. The normalized spacial score (nSPS) is 14.7. The highest BCUT2D eigenvalue weighted by Gasteiger charge is 2.20. The Labute approximate surface area is 114 Å². The zero-order valence-corrected chi connectivity index (χ0v) is 11.6. The first kappa shape index (κ1) is 12.9. The average Bonchev–Trinajstić information content (AvgIpc) is 3.09. The monoisotopic (exact) mass is 316 g/mol. The van der Waals surface area contributed by atoms with Gasteiger partial charge in [0.15, 0.2) is 0 Å². The van der Waals surface area contributed by atoms with E-state index in [0.717, 1.165) is 11.0 Å². The highest BCUT2D eigenvalue weighted by atomic mass is 79.9. The lowest BCUT2D eigenvalue weighted by Gasteiger charge is -2.08. The second kappa shape index (κ2) is 5.85. The molecule has 1 aliphatic carbocycles. The summed E-state index contributed by atoms with van der Waals surface area (Å²) in [5, 5.41) is 6.73. The topological polar surface area (TPSA) is 41.1 Å². The Bertz CT molecular complexity index is 421. The van der Waals surface area contributed by atoms with Crippen molar-refractivity contribution in [1.82, 2.24) is 5.32 Å². The van der Waals surface area contributed by atoms with Crippen molar-refractivity contribution in [2.45, 2.75) is 25.3 Å². The number of nitrogens with one attached hydrogen (secondary N) is 2. The van der Waals surface area contributed by atoms with Crippen molar-refractivity contribution < 1.29 is 4.79 Å². The number of carbonyl (C=O) groups is 1. The molecule has 2 N–H and O–H groups in total. The van der Waals surface area contributed by atoms with Crippen LogP contribution in [-0.4, -0.2) is 18.5 Å². The fraction of sp³-hybridized carbons (Fsp3) is 0.417. The van der Waals surface area contributed by atoms with E-state index in [-0.39, 0.29) is 5.91 Å². The van der Waals surface area contributed by atoms with E-state index in [0.29, 0.717) is 23.2 Å². The molecule has 0 heterocycles. The summed E-state index contributed by atoms with van der Waals surface area (Å²) in [5.41, 5.74) is 0.717. The molecule has 0 spiro atoms. The van der Waals surface area contributed by atoms with Gasteiger partial charge in [-0.05, 0) is 40.9 Å². The molecule has 0 radical (unpaired) electrons. The van der Waals surface area contributed by atoms with Crippen LogP contribution in [-0.2, 0) is 4.79 Å². The van der Waals surface area contributed by atoms with Gasteiger partial charge in [-0.25, -0.2) is 0 Å². The van der Waals surface area contributed by atoms with Gasteiger partial charge in [0.1, 0.15) is 0 Å². The molecule has 3 nitrogen and oxygen atoms in total. The third-order valence-electron chi connectivity index (χ3n) is 2.59. The van der Waals surface area contributed by atoms with Crippen molar-refractivity contribution in [2.75, 3.05) is 11.9 Å². The van der Waals surface area contributed by atoms with Crippen LogP contribution in [0.4, 0.5) is 5.69 Å². The molecule has 1 aromatic rings. The summed E-state index contributed by atoms with van der Waals surface area (Å²) in [7, 11) is 0. The molecule has 0 atom stereocenters. The molecule has 0 saturated heterocycles. The third-order valence-corrected chi connectivity index (χ3v) is 3.99. The van der Waals surface area contributed by atoms with Crippen molar-refractivity contribution in [3.63, 3.8) is 0 Å². The minimum Gasteiger partial charge on any atom is -0.325 e. The van der Waals surface area contributed by atoms with Crippen LogP contribution in [0.15, 0.2) is 22.7 Å². The van der Waals surface area contributed by atoms with Crippen LogP contribution in [0.1, 0.15) is 19.3 Å². The van der Waals surface area contributed by atoms with E-state index in [2.05, 4.69) is 26.6 Å². The van der Waals surface area contributed by atoms with Gasteiger partial charge in [0, 0.05) is 19.0 Å². The molecule has 1 aliphatic rings. The number of carbonyl (C=O) groups excluding carboxylic acids is 1. The van der Waals surface area contributed by atoms with Crippen molar-refractivity contribution in [3.8, 4) is 0 Å². The summed E-state index contributed by atoms with van der Waals surface area (Å²) < 4.78 is 0.727. The quantitative estimate of drug-likeness (QED) is 0.876. The molecular formula is C12H14BrClN2O. The second-order valence-corrected chi connectivity index (χ2v) is 5.33. The summed E-state index contributed by atoms with van der Waals surface area (Å²) in [6, 6.07) is 6.05. The number of rotatable bonds is 5. The molecule has 0 aliphatic heterocycles. The number of benzene rings is 1. The molecule has 2 rings (SSSR count). The molecule has 17 heavy (non-hydrogen) atoms. The maximum Gasteiger partial charge on any atom is 0.225 e. The Morgan fingerprint density at radius 1 is 1.47 bits per heavy atom. The fourth-order valence-electron chi connectivity index (χ4n) is 1.49. The van der Waals surface area contributed by atoms with E-state index in [4.69, 9.17) is 11.6 Å². The van der Waals surface area contributed by atoms with E-state index in [1.165, 1.54) is 12.8 Å². The van der Waals surface area contributed by atoms with E-state index in [1.54, 1.807) is 6.07 Å². The average molecular weight is 318 g/mol. The van der Waals surface area contributed by atoms with Crippen LogP contribution in [0.25, 0.3) is 0 Å². The van der Waals surface area contributed by atoms with Crippen molar-refractivity contribution >= 4 is 39.1 Å². The van der Waals surface area contributed by atoms with Crippen LogP contribution < -0.4 is 10.6 Å². The van der Waals surface area contributed by atoms with Gasteiger partial charge in [0.25, 0.3) is 0 Å². The molecule has 0 aromatic heterocycles. The Morgan fingerprint density at radius 3 is 2.94 bits per heavy atom. The first-order chi connectivity index (χ1) is 8.16. The van der Waals surface area contributed by atoms with Crippen LogP contribution in [0.2, 0.25) is 5.02 Å². The van der Waals surface area contributed by atoms with Gasteiger partial charge >= 0.3 is 0 Å². The summed E-state index contributed by atoms with van der Waals surface area (Å²) in [5.74, 6) is 0.00103. The van der Waals surface area contributed by atoms with Gasteiger partial charge in [-0.1, -0.05) is 17.7 Å². The Hall–Kier alpha value is -0.580. The van der Waals surface area contributed by atoms with Gasteiger partial charge in [0.2, 0.25) is 5.91 Å². The van der Waals surface area contributed by atoms with Gasteiger partial charge in [-0.15, -0.1) is 0 Å². The summed E-state index contributed by atoms with van der Waals surface area (Å²) in [4.78, 5) is 11.7. The number of amides is 1. The highest BCUT2D eigenvalue weighted by Crippen LogP contribution is 2.30. The predicted molar refractivity (Wildman–Crippen MR) is 73.4 cm³/mol. The third kappa shape index (κ3) is 3.98. The van der Waals surface area contributed by atoms with E-state index in [1.807, 2.05) is 12.1 Å². The first-order valence-corrected chi connectivity index (χ1v) is 6.81. The second-order valence-electron chi connectivity index (χ2n) is 4.13. The molecule has 1 fully saturated rings. The molecule has 1 aromatic carbocycles. The van der Waals surface area contributed by atoms with Crippen LogP contribution in [0, 0.1) is 0 Å². The van der Waals surface area contributed by atoms with E-state index < -0.39 is 0 Å². The number of hydrogen-bond donors (Lipinski definition) is 2. The lowest BCUT2D eigenvalue weighted by atomic mass is 10.3. The molecule has 5 heteroatoms. The molecular weight excluding hydrogens is 304 g/mol. The lowest BCUT2D eigenvalue weighted by Crippen LogP contribution is -2.23. The molecule has 92 valence electrons. The number of halogens is 2. The maximum absolute atomic E-state index is 11.7. The minimum atomic E-state index is 0.00103. The maximum atomic E-state index is 11.7. The van der Waals surface area contributed by atoms with Gasteiger partial charge < -0.3 is 10.6 Å². The summed E-state index contributed by atoms with van der Waals surface area (Å²) >= 11 is 9.29. The van der Waals surface area contributed by atoms with E-state index in [9.17, 15) is 4.79 Å². The zero-order chi connectivity index (χ0) is 12.3. The van der Waals surface area contributed by atoms with Crippen LogP contribution in [0.5, 0.6) is 0 Å². The molecule has 0 bridgehead atoms. The van der Waals surface area contributed by atoms with Crippen molar-refractivity contribution in [2.24, 2.45) is 0 Å². The summed E-state index contributed by atoms with van der Waals surface area (Å²) in [6.45, 7) is 0.731. The van der Waals surface area contributed by atoms with Gasteiger partial charge in [-0.2, -0.15) is 0 Å². The minimum absolute atomic E-state index is 0.00103. The first-order valence-electron chi connectivity index (χ1n) is 5.64. The standard InChI is InChI=1S/C12H14BrClN2O/c13-12-9(14)2-1-3-10(12)16-11(17)6-7-15-8-4-5-8/h1-3,8,15H,4-7H2,(H,16,17). The van der Waals surface area contributed by atoms with Crippen LogP contribution >= 0.6 is 27.5 Å². The largest absolute Gasteiger partial charge is 0.325 e. The van der Waals surface area contributed by atoms with E-state index >= 15 is 0 Å².